The average molecular weight is 246 g/mol. The third-order valence-electron chi connectivity index (χ3n) is 3.72. The van der Waals surface area contributed by atoms with Crippen LogP contribution in [0.2, 0.25) is 0 Å². The quantitative estimate of drug-likeness (QED) is 0.752. The van der Waals surface area contributed by atoms with Gasteiger partial charge in [0.1, 0.15) is 5.75 Å². The van der Waals surface area contributed by atoms with Crippen LogP contribution >= 0.6 is 0 Å². The van der Waals surface area contributed by atoms with Gasteiger partial charge in [-0.2, -0.15) is 0 Å². The minimum atomic E-state index is 0.0429. The summed E-state index contributed by atoms with van der Waals surface area (Å²) in [6, 6.07) is 5.83. The molecule has 1 atom stereocenters. The monoisotopic (exact) mass is 246 g/mol. The van der Waals surface area contributed by atoms with Crippen molar-refractivity contribution >= 4 is 5.78 Å². The molecule has 2 aliphatic heterocycles. The highest BCUT2D eigenvalue weighted by Gasteiger charge is 2.24. The Morgan fingerprint density at radius 3 is 3.00 bits per heavy atom. The average Bonchev–Trinajstić information content (AvgIpc) is 2.47. The van der Waals surface area contributed by atoms with Crippen LogP contribution in [0.4, 0.5) is 0 Å². The molecule has 0 aromatic heterocycles. The molecular formula is C15H18O3. The number of ether oxygens (including phenoxy) is 2. The van der Waals surface area contributed by atoms with Gasteiger partial charge in [0, 0.05) is 18.1 Å². The van der Waals surface area contributed by atoms with E-state index in [2.05, 4.69) is 0 Å². The maximum atomic E-state index is 12.4. The van der Waals surface area contributed by atoms with Crippen LogP contribution in [0.15, 0.2) is 18.2 Å². The molecule has 0 saturated carbocycles. The Morgan fingerprint density at radius 2 is 2.17 bits per heavy atom. The molecule has 1 fully saturated rings. The van der Waals surface area contributed by atoms with E-state index in [1.54, 1.807) is 0 Å². The molecule has 0 bridgehead atoms. The van der Waals surface area contributed by atoms with Crippen molar-refractivity contribution in [3.8, 4) is 5.75 Å². The highest BCUT2D eigenvalue weighted by atomic mass is 16.5. The van der Waals surface area contributed by atoms with Crippen molar-refractivity contribution in [2.45, 2.75) is 25.7 Å². The molecule has 2 heterocycles. The van der Waals surface area contributed by atoms with Crippen molar-refractivity contribution in [2.24, 2.45) is 5.92 Å². The first-order valence-corrected chi connectivity index (χ1v) is 6.72. The van der Waals surface area contributed by atoms with Crippen molar-refractivity contribution in [3.63, 3.8) is 0 Å². The van der Waals surface area contributed by atoms with Gasteiger partial charge in [-0.3, -0.25) is 4.79 Å². The lowest BCUT2D eigenvalue weighted by atomic mass is 9.91. The first-order valence-electron chi connectivity index (χ1n) is 6.72. The molecule has 18 heavy (non-hydrogen) atoms. The van der Waals surface area contributed by atoms with E-state index in [9.17, 15) is 4.79 Å². The van der Waals surface area contributed by atoms with Crippen LogP contribution in [0.25, 0.3) is 0 Å². The third-order valence-corrected chi connectivity index (χ3v) is 3.72. The zero-order chi connectivity index (χ0) is 12.4. The fourth-order valence-electron chi connectivity index (χ4n) is 2.70. The largest absolute Gasteiger partial charge is 0.493 e. The van der Waals surface area contributed by atoms with Gasteiger partial charge in [0.2, 0.25) is 0 Å². The number of fused-ring (bicyclic) bond motifs is 1. The normalized spacial score (nSPS) is 23.0. The summed E-state index contributed by atoms with van der Waals surface area (Å²) in [7, 11) is 0. The Morgan fingerprint density at radius 1 is 1.22 bits per heavy atom. The minimum absolute atomic E-state index is 0.0429. The molecule has 3 heteroatoms. The van der Waals surface area contributed by atoms with E-state index >= 15 is 0 Å². The van der Waals surface area contributed by atoms with Crippen molar-refractivity contribution in [2.75, 3.05) is 19.8 Å². The number of hydrogen-bond acceptors (Lipinski definition) is 3. The molecule has 0 radical (unpaired) electrons. The highest BCUT2D eigenvalue weighted by molar-refractivity contribution is 5.98. The van der Waals surface area contributed by atoms with E-state index in [0.29, 0.717) is 6.61 Å². The second-order valence-electron chi connectivity index (χ2n) is 5.05. The second kappa shape index (κ2) is 5.11. The van der Waals surface area contributed by atoms with Gasteiger partial charge in [-0.25, -0.2) is 0 Å². The summed E-state index contributed by atoms with van der Waals surface area (Å²) < 4.78 is 11.0. The molecule has 3 rings (SSSR count). The number of Topliss-reactive ketones (excluding diaryl/α,β-unsaturated/α-hetero) is 1. The number of rotatable bonds is 2. The van der Waals surface area contributed by atoms with E-state index in [-0.39, 0.29) is 11.7 Å². The van der Waals surface area contributed by atoms with Crippen LogP contribution in [0.3, 0.4) is 0 Å². The molecule has 2 aliphatic rings. The molecule has 0 spiro atoms. The highest BCUT2D eigenvalue weighted by Crippen LogP contribution is 2.27. The van der Waals surface area contributed by atoms with Crippen molar-refractivity contribution < 1.29 is 14.3 Å². The number of ketones is 1. The summed E-state index contributed by atoms with van der Waals surface area (Å²) in [5, 5.41) is 0. The van der Waals surface area contributed by atoms with E-state index in [0.717, 1.165) is 50.2 Å². The van der Waals surface area contributed by atoms with Gasteiger partial charge in [0.15, 0.2) is 5.78 Å². The summed E-state index contributed by atoms with van der Waals surface area (Å²) in [6.45, 7) is 2.16. The van der Waals surface area contributed by atoms with Gasteiger partial charge >= 0.3 is 0 Å². The number of carbonyl (C=O) groups excluding carboxylic acids is 1. The zero-order valence-corrected chi connectivity index (χ0v) is 10.5. The van der Waals surface area contributed by atoms with Crippen molar-refractivity contribution in [1.29, 1.82) is 0 Å². The topological polar surface area (TPSA) is 35.5 Å². The van der Waals surface area contributed by atoms with Gasteiger partial charge in [-0.1, -0.05) is 0 Å². The summed E-state index contributed by atoms with van der Waals surface area (Å²) in [5.74, 6) is 1.21. The van der Waals surface area contributed by atoms with Crippen LogP contribution in [-0.4, -0.2) is 25.6 Å². The Labute approximate surface area is 107 Å². The van der Waals surface area contributed by atoms with Gasteiger partial charge in [0.05, 0.1) is 13.2 Å². The van der Waals surface area contributed by atoms with Gasteiger partial charge in [-0.15, -0.1) is 0 Å². The van der Waals surface area contributed by atoms with Crippen molar-refractivity contribution in [3.05, 3.63) is 29.3 Å². The summed E-state index contributed by atoms with van der Waals surface area (Å²) in [6.07, 6.45) is 3.99. The van der Waals surface area contributed by atoms with E-state index in [4.69, 9.17) is 9.47 Å². The van der Waals surface area contributed by atoms with Gasteiger partial charge < -0.3 is 9.47 Å². The minimum Gasteiger partial charge on any atom is -0.493 e. The fraction of sp³-hybridized carbons (Fsp3) is 0.533. The first-order chi connectivity index (χ1) is 8.84. The van der Waals surface area contributed by atoms with Crippen LogP contribution in [0, 0.1) is 5.92 Å². The molecule has 1 saturated heterocycles. The molecule has 96 valence electrons. The number of hydrogen-bond donors (Lipinski definition) is 0. The summed E-state index contributed by atoms with van der Waals surface area (Å²) in [5.41, 5.74) is 1.98. The fourth-order valence-corrected chi connectivity index (χ4v) is 2.70. The third kappa shape index (κ3) is 2.27. The molecule has 1 aromatic carbocycles. The SMILES string of the molecule is O=C(c1ccc2c(c1)CCCO2)C1CCCOC1. The lowest BCUT2D eigenvalue weighted by molar-refractivity contribution is 0.0461. The Bertz CT molecular complexity index is 447. The lowest BCUT2D eigenvalue weighted by Gasteiger charge is -2.22. The standard InChI is InChI=1S/C15H18O3/c16-15(13-4-1-7-17-10-13)12-5-6-14-11(9-12)3-2-8-18-14/h5-6,9,13H,1-4,7-8,10H2. The number of aryl methyl sites for hydroxylation is 1. The Kier molecular flexibility index (Phi) is 3.33. The van der Waals surface area contributed by atoms with Crippen LogP contribution in [0.1, 0.15) is 35.2 Å². The Hall–Kier alpha value is -1.35. The molecular weight excluding hydrogens is 228 g/mol. The van der Waals surface area contributed by atoms with E-state index in [1.807, 2.05) is 18.2 Å². The summed E-state index contributed by atoms with van der Waals surface area (Å²) >= 11 is 0. The van der Waals surface area contributed by atoms with E-state index < -0.39 is 0 Å². The number of carbonyl (C=O) groups is 1. The van der Waals surface area contributed by atoms with Crippen molar-refractivity contribution in [1.82, 2.24) is 0 Å². The first kappa shape index (κ1) is 11.7. The zero-order valence-electron chi connectivity index (χ0n) is 10.5. The Balaban J connectivity index is 1.80. The summed E-state index contributed by atoms with van der Waals surface area (Å²) in [4.78, 5) is 12.4. The molecule has 1 aromatic rings. The lowest BCUT2D eigenvalue weighted by Crippen LogP contribution is -2.25. The number of benzene rings is 1. The van der Waals surface area contributed by atoms with Gasteiger partial charge in [0.25, 0.3) is 0 Å². The van der Waals surface area contributed by atoms with E-state index in [1.165, 1.54) is 5.56 Å². The predicted octanol–water partition coefficient (Wildman–Crippen LogP) is 2.62. The maximum Gasteiger partial charge on any atom is 0.168 e. The second-order valence-corrected chi connectivity index (χ2v) is 5.05. The molecule has 3 nitrogen and oxygen atoms in total. The smallest absolute Gasteiger partial charge is 0.168 e. The molecule has 1 unspecified atom stereocenters. The molecule has 0 aliphatic carbocycles. The van der Waals surface area contributed by atoms with Gasteiger partial charge in [-0.05, 0) is 49.4 Å². The predicted molar refractivity (Wildman–Crippen MR) is 68.1 cm³/mol. The molecule has 0 amide bonds. The molecule has 0 N–H and O–H groups in total. The van der Waals surface area contributed by atoms with Crippen LogP contribution < -0.4 is 4.74 Å². The van der Waals surface area contributed by atoms with Crippen LogP contribution in [0.5, 0.6) is 5.75 Å². The maximum absolute atomic E-state index is 12.4. The van der Waals surface area contributed by atoms with Crippen LogP contribution in [-0.2, 0) is 11.2 Å².